The summed E-state index contributed by atoms with van der Waals surface area (Å²) >= 11 is 0. The van der Waals surface area contributed by atoms with Crippen LogP contribution in [0.15, 0.2) is 30.3 Å². The molecule has 1 aromatic rings. The first-order chi connectivity index (χ1) is 9.70. The van der Waals surface area contributed by atoms with Gasteiger partial charge in [0.05, 0.1) is 5.54 Å². The van der Waals surface area contributed by atoms with Crippen molar-refractivity contribution in [3.05, 3.63) is 35.9 Å². The molecule has 2 atom stereocenters. The van der Waals surface area contributed by atoms with Gasteiger partial charge < -0.3 is 5.32 Å². The van der Waals surface area contributed by atoms with Gasteiger partial charge in [-0.1, -0.05) is 57.0 Å². The van der Waals surface area contributed by atoms with Gasteiger partial charge in [-0.25, -0.2) is 0 Å². The first kappa shape index (κ1) is 15.5. The highest BCUT2D eigenvalue weighted by Crippen LogP contribution is 2.31. The second kappa shape index (κ2) is 7.24. The third kappa shape index (κ3) is 3.42. The Morgan fingerprint density at radius 1 is 1.20 bits per heavy atom. The second-order valence-corrected chi connectivity index (χ2v) is 6.28. The van der Waals surface area contributed by atoms with Crippen LogP contribution in [-0.2, 0) is 5.54 Å². The van der Waals surface area contributed by atoms with Crippen LogP contribution in [-0.4, -0.2) is 30.6 Å². The Labute approximate surface area is 124 Å². The van der Waals surface area contributed by atoms with Crippen molar-refractivity contribution in [1.29, 1.82) is 0 Å². The summed E-state index contributed by atoms with van der Waals surface area (Å²) in [6.45, 7) is 10.4. The summed E-state index contributed by atoms with van der Waals surface area (Å²) in [7, 11) is 0. The molecule has 1 aliphatic rings. The van der Waals surface area contributed by atoms with E-state index in [4.69, 9.17) is 0 Å². The van der Waals surface area contributed by atoms with E-state index in [0.717, 1.165) is 6.54 Å². The van der Waals surface area contributed by atoms with Crippen molar-refractivity contribution in [1.82, 2.24) is 10.2 Å². The average Bonchev–Trinajstić information content (AvgIpc) is 2.50. The van der Waals surface area contributed by atoms with Crippen molar-refractivity contribution >= 4 is 0 Å². The Balaban J connectivity index is 2.15. The first-order valence-electron chi connectivity index (χ1n) is 8.24. The van der Waals surface area contributed by atoms with Crippen molar-refractivity contribution in [2.24, 2.45) is 0 Å². The molecule has 20 heavy (non-hydrogen) atoms. The van der Waals surface area contributed by atoms with Gasteiger partial charge in [0.25, 0.3) is 0 Å². The lowest BCUT2D eigenvalue weighted by Gasteiger charge is -2.48. The Hall–Kier alpha value is -0.860. The summed E-state index contributed by atoms with van der Waals surface area (Å²) in [4.78, 5) is 2.71. The Bertz CT molecular complexity index is 390. The van der Waals surface area contributed by atoms with Crippen LogP contribution in [0.5, 0.6) is 0 Å². The Kier molecular flexibility index (Phi) is 5.62. The van der Waals surface area contributed by atoms with Crippen molar-refractivity contribution in [3.63, 3.8) is 0 Å². The van der Waals surface area contributed by atoms with Gasteiger partial charge in [-0.3, -0.25) is 4.90 Å². The monoisotopic (exact) mass is 274 g/mol. The lowest BCUT2D eigenvalue weighted by atomic mass is 9.86. The highest BCUT2D eigenvalue weighted by Gasteiger charge is 2.38. The number of hydrogen-bond donors (Lipinski definition) is 1. The molecule has 1 N–H and O–H groups in total. The topological polar surface area (TPSA) is 15.3 Å². The Morgan fingerprint density at radius 2 is 1.95 bits per heavy atom. The fraction of sp³-hybridized carbons (Fsp3) is 0.667. The van der Waals surface area contributed by atoms with Gasteiger partial charge in [0, 0.05) is 19.1 Å². The maximum absolute atomic E-state index is 3.74. The fourth-order valence-electron chi connectivity index (χ4n) is 3.23. The fourth-order valence-corrected chi connectivity index (χ4v) is 3.23. The van der Waals surface area contributed by atoms with E-state index < -0.39 is 0 Å². The number of nitrogens with zero attached hydrogens (tertiary/aromatic N) is 1. The van der Waals surface area contributed by atoms with Crippen LogP contribution in [0.2, 0.25) is 0 Å². The summed E-state index contributed by atoms with van der Waals surface area (Å²) in [6.07, 6.45) is 5.17. The van der Waals surface area contributed by atoms with Gasteiger partial charge in [0.2, 0.25) is 0 Å². The maximum atomic E-state index is 3.74. The number of benzene rings is 1. The number of rotatable bonds is 6. The van der Waals surface area contributed by atoms with Crippen LogP contribution in [0.25, 0.3) is 0 Å². The predicted octanol–water partition coefficient (Wildman–Crippen LogP) is 3.78. The van der Waals surface area contributed by atoms with Gasteiger partial charge in [0.1, 0.15) is 0 Å². The molecule has 0 saturated carbocycles. The normalized spacial score (nSPS) is 27.6. The maximum Gasteiger partial charge on any atom is 0.0558 e. The number of nitrogens with one attached hydrogen (secondary N) is 1. The first-order valence-corrected chi connectivity index (χ1v) is 8.24. The number of unbranched alkanes of at least 4 members (excludes halogenated alkanes) is 2. The van der Waals surface area contributed by atoms with Crippen LogP contribution < -0.4 is 5.32 Å². The minimum atomic E-state index is 0.140. The molecule has 1 fully saturated rings. The van der Waals surface area contributed by atoms with Crippen molar-refractivity contribution in [2.45, 2.75) is 58.0 Å². The SMILES string of the molecule is CCCCCN1CC(CC)NCC1(C)c1ccccc1. The molecule has 0 spiro atoms. The van der Waals surface area contributed by atoms with E-state index in [1.54, 1.807) is 0 Å². The quantitative estimate of drug-likeness (QED) is 0.794. The molecule has 0 bridgehead atoms. The van der Waals surface area contributed by atoms with Crippen LogP contribution in [0.4, 0.5) is 0 Å². The molecule has 0 aliphatic carbocycles. The molecule has 1 aromatic carbocycles. The predicted molar refractivity (Wildman–Crippen MR) is 87.0 cm³/mol. The van der Waals surface area contributed by atoms with Crippen LogP contribution >= 0.6 is 0 Å². The summed E-state index contributed by atoms with van der Waals surface area (Å²) in [6, 6.07) is 11.6. The lowest BCUT2D eigenvalue weighted by Crippen LogP contribution is -2.61. The molecule has 2 nitrogen and oxygen atoms in total. The molecule has 1 heterocycles. The molecule has 2 unspecified atom stereocenters. The van der Waals surface area contributed by atoms with Gasteiger partial charge in [-0.05, 0) is 31.9 Å². The molecular formula is C18H30N2. The van der Waals surface area contributed by atoms with E-state index in [2.05, 4.69) is 61.3 Å². The number of hydrogen-bond acceptors (Lipinski definition) is 2. The van der Waals surface area contributed by atoms with E-state index in [-0.39, 0.29) is 5.54 Å². The molecular weight excluding hydrogens is 244 g/mol. The smallest absolute Gasteiger partial charge is 0.0558 e. The van der Waals surface area contributed by atoms with Crippen molar-refractivity contribution < 1.29 is 0 Å². The molecule has 2 heteroatoms. The molecule has 0 aromatic heterocycles. The summed E-state index contributed by atoms with van der Waals surface area (Å²) < 4.78 is 0. The van der Waals surface area contributed by atoms with Crippen molar-refractivity contribution in [3.8, 4) is 0 Å². The summed E-state index contributed by atoms with van der Waals surface area (Å²) in [5.41, 5.74) is 1.58. The zero-order valence-electron chi connectivity index (χ0n) is 13.4. The molecule has 0 amide bonds. The lowest BCUT2D eigenvalue weighted by molar-refractivity contribution is 0.0472. The van der Waals surface area contributed by atoms with E-state index in [1.165, 1.54) is 44.3 Å². The zero-order chi connectivity index (χ0) is 14.4. The standard InChI is InChI=1S/C18H30N2/c1-4-6-10-13-20-14-17(5-2)19-15-18(20,3)16-11-8-7-9-12-16/h7-9,11-12,17,19H,4-6,10,13-15H2,1-3H3. The minimum Gasteiger partial charge on any atom is -0.311 e. The number of piperazine rings is 1. The van der Waals surface area contributed by atoms with E-state index in [1.807, 2.05) is 0 Å². The van der Waals surface area contributed by atoms with Gasteiger partial charge in [-0.15, -0.1) is 0 Å². The second-order valence-electron chi connectivity index (χ2n) is 6.28. The summed E-state index contributed by atoms with van der Waals surface area (Å²) in [5.74, 6) is 0. The van der Waals surface area contributed by atoms with E-state index in [0.29, 0.717) is 6.04 Å². The third-order valence-electron chi connectivity index (χ3n) is 4.79. The average molecular weight is 274 g/mol. The highest BCUT2D eigenvalue weighted by atomic mass is 15.3. The van der Waals surface area contributed by atoms with Crippen LogP contribution in [0.1, 0.15) is 52.0 Å². The molecule has 1 aliphatic heterocycles. The highest BCUT2D eigenvalue weighted by molar-refractivity contribution is 5.25. The largest absolute Gasteiger partial charge is 0.311 e. The minimum absolute atomic E-state index is 0.140. The molecule has 112 valence electrons. The molecule has 2 rings (SSSR count). The van der Waals surface area contributed by atoms with Crippen LogP contribution in [0, 0.1) is 0 Å². The van der Waals surface area contributed by atoms with E-state index >= 15 is 0 Å². The molecule has 0 radical (unpaired) electrons. The molecule has 1 saturated heterocycles. The van der Waals surface area contributed by atoms with Crippen LogP contribution in [0.3, 0.4) is 0 Å². The van der Waals surface area contributed by atoms with E-state index in [9.17, 15) is 0 Å². The third-order valence-corrected chi connectivity index (χ3v) is 4.79. The van der Waals surface area contributed by atoms with Gasteiger partial charge in [-0.2, -0.15) is 0 Å². The zero-order valence-corrected chi connectivity index (χ0v) is 13.4. The Morgan fingerprint density at radius 3 is 2.60 bits per heavy atom. The van der Waals surface area contributed by atoms with Gasteiger partial charge in [0.15, 0.2) is 0 Å². The van der Waals surface area contributed by atoms with Crippen molar-refractivity contribution in [2.75, 3.05) is 19.6 Å². The summed E-state index contributed by atoms with van der Waals surface area (Å²) in [5, 5.41) is 3.74. The van der Waals surface area contributed by atoms with Gasteiger partial charge >= 0.3 is 0 Å².